The van der Waals surface area contributed by atoms with Crippen LogP contribution in [0.15, 0.2) is 42.6 Å². The second kappa shape index (κ2) is 7.88. The molecule has 1 amide bonds. The highest BCUT2D eigenvalue weighted by molar-refractivity contribution is 6.31. The first kappa shape index (κ1) is 21.2. The Balaban J connectivity index is 1.62. The zero-order valence-corrected chi connectivity index (χ0v) is 17.1. The van der Waals surface area contributed by atoms with Crippen molar-refractivity contribution in [1.29, 1.82) is 0 Å². The first-order valence-corrected chi connectivity index (χ1v) is 9.84. The monoisotopic (exact) mass is 434 g/mol. The number of carbonyl (C=O) groups excluding carboxylic acids is 1. The molecule has 2 aliphatic rings. The molecular formula is C22H22F4N4O. The maximum Gasteiger partial charge on any atom is 0.418 e. The van der Waals surface area contributed by atoms with Crippen LogP contribution in [0.3, 0.4) is 0 Å². The summed E-state index contributed by atoms with van der Waals surface area (Å²) in [6.07, 6.45) is -2.44. The van der Waals surface area contributed by atoms with Crippen molar-refractivity contribution < 1.29 is 22.4 Å². The molecule has 4 rings (SSSR count). The van der Waals surface area contributed by atoms with Gasteiger partial charge in [0.2, 0.25) is 0 Å². The second-order valence-electron chi connectivity index (χ2n) is 7.93. The van der Waals surface area contributed by atoms with Gasteiger partial charge in [0.25, 0.3) is 5.91 Å². The normalized spacial score (nSPS) is 19.8. The Labute approximate surface area is 177 Å². The molecule has 164 valence electrons. The summed E-state index contributed by atoms with van der Waals surface area (Å²) in [5.41, 5.74) is 0.552. The van der Waals surface area contributed by atoms with Crippen LogP contribution in [0.4, 0.5) is 34.6 Å². The van der Waals surface area contributed by atoms with E-state index in [1.54, 1.807) is 11.0 Å². The number of alkyl halides is 3. The summed E-state index contributed by atoms with van der Waals surface area (Å²) in [5.74, 6) is -0.959. The van der Waals surface area contributed by atoms with Gasteiger partial charge in [-0.2, -0.15) is 13.2 Å². The van der Waals surface area contributed by atoms with Gasteiger partial charge in [-0.05, 0) is 56.9 Å². The third kappa shape index (κ3) is 4.23. The molecule has 1 fully saturated rings. The molecular weight excluding hydrogens is 412 g/mol. The zero-order valence-electron chi connectivity index (χ0n) is 17.1. The van der Waals surface area contributed by atoms with Crippen LogP contribution in [0.25, 0.3) is 5.57 Å². The van der Waals surface area contributed by atoms with Gasteiger partial charge in [0.1, 0.15) is 5.82 Å². The summed E-state index contributed by atoms with van der Waals surface area (Å²) in [5, 5.41) is 5.36. The Morgan fingerprint density at radius 2 is 1.97 bits per heavy atom. The van der Waals surface area contributed by atoms with Crippen molar-refractivity contribution in [3.05, 3.63) is 59.5 Å². The summed E-state index contributed by atoms with van der Waals surface area (Å²) >= 11 is 0. The van der Waals surface area contributed by atoms with Crippen molar-refractivity contribution in [1.82, 2.24) is 4.90 Å². The maximum atomic E-state index is 13.8. The number of nitrogens with zero attached hydrogens (tertiary/aromatic N) is 2. The van der Waals surface area contributed by atoms with Crippen LogP contribution in [-0.2, 0) is 11.0 Å². The van der Waals surface area contributed by atoms with E-state index in [1.165, 1.54) is 30.5 Å². The van der Waals surface area contributed by atoms with E-state index < -0.39 is 23.5 Å². The van der Waals surface area contributed by atoms with E-state index in [2.05, 4.69) is 10.6 Å². The van der Waals surface area contributed by atoms with E-state index in [0.29, 0.717) is 24.3 Å². The van der Waals surface area contributed by atoms with Crippen molar-refractivity contribution in [2.24, 2.45) is 0 Å². The predicted octanol–water partition coefficient (Wildman–Crippen LogP) is 4.39. The quantitative estimate of drug-likeness (QED) is 0.554. The molecule has 9 heteroatoms. The lowest BCUT2D eigenvalue weighted by atomic mass is 10.1. The molecule has 1 saturated heterocycles. The van der Waals surface area contributed by atoms with Gasteiger partial charge in [-0.25, -0.2) is 4.39 Å². The number of fused-ring (bicyclic) bond motifs is 1. The minimum Gasteiger partial charge on any atom is -0.369 e. The highest BCUT2D eigenvalue weighted by Gasteiger charge is 2.37. The van der Waals surface area contributed by atoms with Gasteiger partial charge in [0, 0.05) is 48.0 Å². The molecule has 0 radical (unpaired) electrons. The highest BCUT2D eigenvalue weighted by atomic mass is 19.4. The third-order valence-corrected chi connectivity index (χ3v) is 5.68. The molecule has 1 atom stereocenters. The number of halogens is 4. The topological polar surface area (TPSA) is 47.6 Å². The van der Waals surface area contributed by atoms with Gasteiger partial charge in [0.15, 0.2) is 0 Å². The average Bonchev–Trinajstić information content (AvgIpc) is 3.30. The molecule has 2 aromatic rings. The Kier molecular flexibility index (Phi) is 5.38. The van der Waals surface area contributed by atoms with Crippen LogP contribution in [0.1, 0.15) is 17.5 Å². The maximum absolute atomic E-state index is 13.8. The van der Waals surface area contributed by atoms with Crippen LogP contribution in [0.5, 0.6) is 0 Å². The van der Waals surface area contributed by atoms with Crippen LogP contribution in [0.2, 0.25) is 0 Å². The fourth-order valence-electron chi connectivity index (χ4n) is 3.97. The Hall–Kier alpha value is -3.07. The highest BCUT2D eigenvalue weighted by Crippen LogP contribution is 2.40. The lowest BCUT2D eigenvalue weighted by Gasteiger charge is -2.25. The first-order chi connectivity index (χ1) is 14.6. The molecule has 0 spiro atoms. The lowest BCUT2D eigenvalue weighted by molar-refractivity contribution is -0.137. The number of likely N-dealkylation sites (N-methyl/N-ethyl adjacent to an activating group) is 1. The van der Waals surface area contributed by atoms with E-state index >= 15 is 0 Å². The summed E-state index contributed by atoms with van der Waals surface area (Å²) in [4.78, 5) is 15.9. The minimum absolute atomic E-state index is 0.140. The fourth-order valence-corrected chi connectivity index (χ4v) is 3.97. The number of rotatable bonds is 4. The Morgan fingerprint density at radius 1 is 1.19 bits per heavy atom. The minimum atomic E-state index is -4.53. The SMILES string of the molecule is CN(C)C1CCN(c2ccc(NC=C3C(=O)Nc4ccc(F)cc43)cc2C(F)(F)F)C1. The van der Waals surface area contributed by atoms with Crippen LogP contribution in [-0.4, -0.2) is 44.0 Å². The number of hydrogen-bond acceptors (Lipinski definition) is 4. The number of nitrogens with one attached hydrogen (secondary N) is 2. The molecule has 1 unspecified atom stereocenters. The first-order valence-electron chi connectivity index (χ1n) is 9.84. The molecule has 31 heavy (non-hydrogen) atoms. The number of hydrogen-bond donors (Lipinski definition) is 2. The summed E-state index contributed by atoms with van der Waals surface area (Å²) in [6, 6.07) is 8.10. The van der Waals surface area contributed by atoms with Gasteiger partial charge in [-0.1, -0.05) is 0 Å². The molecule has 2 heterocycles. The third-order valence-electron chi connectivity index (χ3n) is 5.68. The number of anilines is 3. The molecule has 0 aromatic heterocycles. The van der Waals surface area contributed by atoms with Crippen molar-refractivity contribution in [2.45, 2.75) is 18.6 Å². The molecule has 2 aromatic carbocycles. The lowest BCUT2D eigenvalue weighted by Crippen LogP contribution is -2.32. The molecule has 0 saturated carbocycles. The summed E-state index contributed by atoms with van der Waals surface area (Å²) in [7, 11) is 3.84. The van der Waals surface area contributed by atoms with Gasteiger partial charge in [0.05, 0.1) is 11.1 Å². The largest absolute Gasteiger partial charge is 0.418 e. The Morgan fingerprint density at radius 3 is 2.65 bits per heavy atom. The molecule has 2 aliphatic heterocycles. The predicted molar refractivity (Wildman–Crippen MR) is 112 cm³/mol. The second-order valence-corrected chi connectivity index (χ2v) is 7.93. The van der Waals surface area contributed by atoms with E-state index in [4.69, 9.17) is 0 Å². The zero-order chi connectivity index (χ0) is 22.3. The number of amides is 1. The number of carbonyl (C=O) groups is 1. The van der Waals surface area contributed by atoms with Gasteiger partial charge in [-0.3, -0.25) is 4.79 Å². The van der Waals surface area contributed by atoms with Crippen LogP contribution in [0, 0.1) is 5.82 Å². The van der Waals surface area contributed by atoms with Crippen LogP contribution < -0.4 is 15.5 Å². The summed E-state index contributed by atoms with van der Waals surface area (Å²) < 4.78 is 54.9. The van der Waals surface area contributed by atoms with Gasteiger partial charge < -0.3 is 20.4 Å². The van der Waals surface area contributed by atoms with Gasteiger partial charge in [-0.15, -0.1) is 0 Å². The summed E-state index contributed by atoms with van der Waals surface area (Å²) in [6.45, 7) is 1.07. The van der Waals surface area contributed by atoms with E-state index in [0.717, 1.165) is 12.5 Å². The standard InChI is InChI=1S/C22H22F4N4O/c1-29(2)15-7-8-30(12-15)20-6-4-14(10-18(20)22(24,25)26)27-11-17-16-9-13(23)3-5-19(16)28-21(17)31/h3-6,9-11,15,27H,7-8,12H2,1-2H3,(H,28,31). The van der Waals surface area contributed by atoms with Crippen molar-refractivity contribution in [3.63, 3.8) is 0 Å². The fraction of sp³-hybridized carbons (Fsp3) is 0.318. The van der Waals surface area contributed by atoms with E-state index in [1.807, 2.05) is 19.0 Å². The van der Waals surface area contributed by atoms with E-state index in [-0.39, 0.29) is 23.0 Å². The van der Waals surface area contributed by atoms with Crippen LogP contribution >= 0.6 is 0 Å². The number of benzene rings is 2. The average molecular weight is 434 g/mol. The van der Waals surface area contributed by atoms with Crippen molar-refractivity contribution >= 4 is 28.5 Å². The molecule has 0 aliphatic carbocycles. The van der Waals surface area contributed by atoms with Crippen molar-refractivity contribution in [3.8, 4) is 0 Å². The van der Waals surface area contributed by atoms with E-state index in [9.17, 15) is 22.4 Å². The van der Waals surface area contributed by atoms with Gasteiger partial charge >= 0.3 is 6.18 Å². The smallest absolute Gasteiger partial charge is 0.369 e. The molecule has 5 nitrogen and oxygen atoms in total. The van der Waals surface area contributed by atoms with Crippen molar-refractivity contribution in [2.75, 3.05) is 42.7 Å². The molecule has 2 N–H and O–H groups in total. The molecule has 0 bridgehead atoms. The Bertz CT molecular complexity index is 1050.